The van der Waals surface area contributed by atoms with Gasteiger partial charge in [-0.2, -0.15) is 0 Å². The van der Waals surface area contributed by atoms with E-state index in [2.05, 4.69) is 26.1 Å². The van der Waals surface area contributed by atoms with Crippen molar-refractivity contribution in [3.63, 3.8) is 0 Å². The number of hydrogen-bond acceptors (Lipinski definition) is 1. The molecule has 0 spiro atoms. The Hall–Kier alpha value is -0.960. The molecule has 0 saturated heterocycles. The first-order chi connectivity index (χ1) is 8.04. The fourth-order valence-electron chi connectivity index (χ4n) is 1.78. The van der Waals surface area contributed by atoms with Crippen LogP contribution in [0, 0.1) is 17.6 Å². The zero-order valence-corrected chi connectivity index (χ0v) is 10.8. The van der Waals surface area contributed by atoms with Crippen molar-refractivity contribution in [2.75, 3.05) is 6.54 Å². The highest BCUT2D eigenvalue weighted by atomic mass is 19.1. The average molecular weight is 241 g/mol. The van der Waals surface area contributed by atoms with Crippen molar-refractivity contribution < 1.29 is 8.78 Å². The number of rotatable bonds is 6. The van der Waals surface area contributed by atoms with Crippen LogP contribution in [0.25, 0.3) is 0 Å². The second-order valence-electron chi connectivity index (χ2n) is 4.66. The molecule has 0 fully saturated rings. The van der Waals surface area contributed by atoms with Crippen LogP contribution in [0.5, 0.6) is 0 Å². The van der Waals surface area contributed by atoms with E-state index in [-0.39, 0.29) is 0 Å². The normalized spacial score (nSPS) is 14.6. The Balaban J connectivity index is 2.58. The van der Waals surface area contributed by atoms with E-state index >= 15 is 0 Å². The van der Waals surface area contributed by atoms with Crippen LogP contribution in [0.15, 0.2) is 18.2 Å². The molecule has 2 atom stereocenters. The van der Waals surface area contributed by atoms with Crippen molar-refractivity contribution in [2.45, 2.75) is 39.7 Å². The van der Waals surface area contributed by atoms with Crippen LogP contribution in [0.4, 0.5) is 8.78 Å². The van der Waals surface area contributed by atoms with E-state index in [1.54, 1.807) is 0 Å². The molecule has 17 heavy (non-hydrogen) atoms. The van der Waals surface area contributed by atoms with Crippen LogP contribution >= 0.6 is 0 Å². The van der Waals surface area contributed by atoms with E-state index in [0.29, 0.717) is 23.9 Å². The van der Waals surface area contributed by atoms with E-state index < -0.39 is 11.6 Å². The lowest BCUT2D eigenvalue weighted by Gasteiger charge is -2.21. The Morgan fingerprint density at radius 3 is 2.53 bits per heavy atom. The summed E-state index contributed by atoms with van der Waals surface area (Å²) >= 11 is 0. The lowest BCUT2D eigenvalue weighted by atomic mass is 9.94. The fourth-order valence-corrected chi connectivity index (χ4v) is 1.78. The predicted molar refractivity (Wildman–Crippen MR) is 67.0 cm³/mol. The van der Waals surface area contributed by atoms with Crippen molar-refractivity contribution >= 4 is 0 Å². The van der Waals surface area contributed by atoms with E-state index in [9.17, 15) is 8.78 Å². The molecule has 0 aliphatic carbocycles. The minimum atomic E-state index is -0.518. The van der Waals surface area contributed by atoms with Gasteiger partial charge in [-0.05, 0) is 43.9 Å². The molecule has 1 N–H and O–H groups in total. The van der Waals surface area contributed by atoms with Crippen LogP contribution in [0.3, 0.4) is 0 Å². The Bertz CT molecular complexity index is 352. The van der Waals surface area contributed by atoms with Gasteiger partial charge in [0, 0.05) is 12.1 Å². The first kappa shape index (κ1) is 14.1. The minimum Gasteiger partial charge on any atom is -0.314 e. The minimum absolute atomic E-state index is 0.321. The van der Waals surface area contributed by atoms with Crippen molar-refractivity contribution in [3.05, 3.63) is 35.4 Å². The molecule has 0 amide bonds. The third kappa shape index (κ3) is 4.43. The summed E-state index contributed by atoms with van der Waals surface area (Å²) in [6.07, 6.45) is 1.71. The molecule has 0 bridgehead atoms. The van der Waals surface area contributed by atoms with Gasteiger partial charge in [0.05, 0.1) is 0 Å². The molecule has 1 rings (SSSR count). The second kappa shape index (κ2) is 6.70. The summed E-state index contributed by atoms with van der Waals surface area (Å²) in [6, 6.07) is 4.13. The van der Waals surface area contributed by atoms with Crippen molar-refractivity contribution in [3.8, 4) is 0 Å². The van der Waals surface area contributed by atoms with E-state index in [4.69, 9.17) is 0 Å². The Kier molecular flexibility index (Phi) is 5.56. The second-order valence-corrected chi connectivity index (χ2v) is 4.66. The van der Waals surface area contributed by atoms with E-state index in [1.807, 2.05) is 0 Å². The highest BCUT2D eigenvalue weighted by Crippen LogP contribution is 2.16. The molecule has 2 unspecified atom stereocenters. The topological polar surface area (TPSA) is 12.0 Å². The first-order valence-corrected chi connectivity index (χ1v) is 6.22. The molecule has 1 nitrogen and oxygen atoms in total. The lowest BCUT2D eigenvalue weighted by molar-refractivity contribution is 0.394. The van der Waals surface area contributed by atoms with Gasteiger partial charge in [0.15, 0.2) is 0 Å². The average Bonchev–Trinajstić information content (AvgIpc) is 2.29. The molecule has 3 heteroatoms. The van der Waals surface area contributed by atoms with Gasteiger partial charge in [-0.3, -0.25) is 0 Å². The Morgan fingerprint density at radius 2 is 1.94 bits per heavy atom. The van der Waals surface area contributed by atoms with Gasteiger partial charge >= 0.3 is 0 Å². The monoisotopic (exact) mass is 241 g/mol. The predicted octanol–water partition coefficient (Wildman–Crippen LogP) is 3.53. The lowest BCUT2D eigenvalue weighted by Crippen LogP contribution is -2.33. The van der Waals surface area contributed by atoms with Crippen molar-refractivity contribution in [1.82, 2.24) is 5.32 Å². The number of halogens is 2. The molecule has 1 aromatic carbocycles. The molecule has 1 aromatic rings. The summed E-state index contributed by atoms with van der Waals surface area (Å²) in [7, 11) is 0. The summed E-state index contributed by atoms with van der Waals surface area (Å²) in [5.74, 6) is -0.642. The van der Waals surface area contributed by atoms with Crippen molar-refractivity contribution in [1.29, 1.82) is 0 Å². The van der Waals surface area contributed by atoms with Crippen LogP contribution in [0.1, 0.15) is 32.8 Å². The van der Waals surface area contributed by atoms with Gasteiger partial charge in [0.2, 0.25) is 0 Å². The van der Waals surface area contributed by atoms with Crippen LogP contribution in [-0.4, -0.2) is 12.6 Å². The molecule has 0 aliphatic heterocycles. The largest absolute Gasteiger partial charge is 0.314 e. The molecule has 0 radical (unpaired) electrons. The Labute approximate surface area is 102 Å². The van der Waals surface area contributed by atoms with E-state index in [1.165, 1.54) is 12.1 Å². The zero-order chi connectivity index (χ0) is 12.8. The summed E-state index contributed by atoms with van der Waals surface area (Å²) in [6.45, 7) is 7.26. The molecular formula is C14H21F2N. The van der Waals surface area contributed by atoms with Crippen LogP contribution < -0.4 is 5.32 Å². The first-order valence-electron chi connectivity index (χ1n) is 6.22. The van der Waals surface area contributed by atoms with Crippen LogP contribution in [-0.2, 0) is 6.42 Å². The highest BCUT2D eigenvalue weighted by Gasteiger charge is 2.14. The molecular weight excluding hydrogens is 220 g/mol. The van der Waals surface area contributed by atoms with Gasteiger partial charge in [0.1, 0.15) is 11.6 Å². The Morgan fingerprint density at radius 1 is 1.24 bits per heavy atom. The fraction of sp³-hybridized carbons (Fsp3) is 0.571. The third-order valence-electron chi connectivity index (χ3n) is 3.13. The molecule has 0 aliphatic rings. The van der Waals surface area contributed by atoms with Gasteiger partial charge in [-0.25, -0.2) is 8.78 Å². The summed E-state index contributed by atoms with van der Waals surface area (Å²) in [4.78, 5) is 0. The number of hydrogen-bond donors (Lipinski definition) is 1. The zero-order valence-electron chi connectivity index (χ0n) is 10.8. The summed E-state index contributed by atoms with van der Waals surface area (Å²) in [5.41, 5.74) is 0.587. The van der Waals surface area contributed by atoms with E-state index in [0.717, 1.165) is 19.0 Å². The molecule has 96 valence electrons. The quantitative estimate of drug-likeness (QED) is 0.803. The maximum Gasteiger partial charge on any atom is 0.129 e. The van der Waals surface area contributed by atoms with Crippen LogP contribution in [0.2, 0.25) is 0 Å². The molecule has 0 aromatic heterocycles. The highest BCUT2D eigenvalue weighted by molar-refractivity contribution is 5.19. The molecule has 0 heterocycles. The summed E-state index contributed by atoms with van der Waals surface area (Å²) < 4.78 is 26.2. The summed E-state index contributed by atoms with van der Waals surface area (Å²) in [5, 5.41) is 3.39. The maximum atomic E-state index is 13.5. The number of nitrogens with one attached hydrogen (secondary N) is 1. The van der Waals surface area contributed by atoms with Gasteiger partial charge in [0.25, 0.3) is 0 Å². The SMILES string of the molecule is CCCNC(C)C(C)Cc1ccc(F)cc1F. The third-order valence-corrected chi connectivity index (χ3v) is 3.13. The number of benzene rings is 1. The standard InChI is InChI=1S/C14H21F2N/c1-4-7-17-11(3)10(2)8-12-5-6-13(15)9-14(12)16/h5-6,9-11,17H,4,7-8H2,1-3H3. The van der Waals surface area contributed by atoms with Gasteiger partial charge < -0.3 is 5.32 Å². The van der Waals surface area contributed by atoms with Gasteiger partial charge in [-0.1, -0.05) is 19.9 Å². The van der Waals surface area contributed by atoms with Gasteiger partial charge in [-0.15, -0.1) is 0 Å². The smallest absolute Gasteiger partial charge is 0.129 e. The van der Waals surface area contributed by atoms with Crippen molar-refractivity contribution in [2.24, 2.45) is 5.92 Å². The maximum absolute atomic E-state index is 13.5. The molecule has 0 saturated carbocycles.